The summed E-state index contributed by atoms with van der Waals surface area (Å²) >= 11 is 2.74. The molecule has 112 valence electrons. The molecule has 0 amide bonds. The molecule has 1 aromatic heterocycles. The summed E-state index contributed by atoms with van der Waals surface area (Å²) in [6.45, 7) is -0.768. The normalized spacial score (nSPS) is 11.7. The lowest BCUT2D eigenvalue weighted by Gasteiger charge is -2.13. The van der Waals surface area contributed by atoms with Crippen LogP contribution in [0.25, 0.3) is 0 Å². The molecule has 0 aliphatic carbocycles. The van der Waals surface area contributed by atoms with E-state index in [9.17, 15) is 27.2 Å². The van der Waals surface area contributed by atoms with Gasteiger partial charge in [0.2, 0.25) is 0 Å². The van der Waals surface area contributed by atoms with E-state index >= 15 is 0 Å². The first kappa shape index (κ1) is 15.4. The van der Waals surface area contributed by atoms with Gasteiger partial charge in [0.1, 0.15) is 5.82 Å². The Balaban J connectivity index is 2.57. The van der Waals surface area contributed by atoms with Crippen molar-refractivity contribution in [3.8, 4) is 0 Å². The van der Waals surface area contributed by atoms with Crippen LogP contribution in [0.5, 0.6) is 0 Å². The third-order valence-electron chi connectivity index (χ3n) is 2.58. The first-order chi connectivity index (χ1) is 9.70. The number of aromatic nitrogens is 3. The highest BCUT2D eigenvalue weighted by molar-refractivity contribution is 9.10. The molecule has 10 heteroatoms. The van der Waals surface area contributed by atoms with Crippen LogP contribution in [0.4, 0.5) is 17.6 Å². The Labute approximate surface area is 122 Å². The van der Waals surface area contributed by atoms with Crippen LogP contribution in [0.3, 0.4) is 0 Å². The fourth-order valence-corrected chi connectivity index (χ4v) is 1.94. The van der Waals surface area contributed by atoms with Gasteiger partial charge in [-0.3, -0.25) is 9.78 Å². The van der Waals surface area contributed by atoms with E-state index in [1.807, 2.05) is 4.98 Å². The van der Waals surface area contributed by atoms with Gasteiger partial charge in [0.15, 0.2) is 4.60 Å². The predicted octanol–water partition coefficient (Wildman–Crippen LogP) is 1.90. The standard InChI is InChI=1S/C11H6BrF4N3O2/c12-8-9(20)17-10(21)19(18-8)4-5-6(11(14,15)16)2-1-3-7(5)13/h1-3H,4H2,(H,17,20,21). The molecule has 0 saturated carbocycles. The van der Waals surface area contributed by atoms with E-state index in [2.05, 4.69) is 21.0 Å². The number of nitrogens with one attached hydrogen (secondary N) is 1. The molecule has 1 N–H and O–H groups in total. The van der Waals surface area contributed by atoms with Crippen LogP contribution in [-0.2, 0) is 12.7 Å². The van der Waals surface area contributed by atoms with Gasteiger partial charge in [-0.25, -0.2) is 13.9 Å². The molecule has 1 heterocycles. The lowest BCUT2D eigenvalue weighted by atomic mass is 10.1. The van der Waals surface area contributed by atoms with E-state index in [0.29, 0.717) is 10.7 Å². The van der Waals surface area contributed by atoms with E-state index in [0.717, 1.165) is 12.1 Å². The summed E-state index contributed by atoms with van der Waals surface area (Å²) < 4.78 is 52.4. The van der Waals surface area contributed by atoms with Crippen molar-refractivity contribution in [2.75, 3.05) is 0 Å². The zero-order valence-electron chi connectivity index (χ0n) is 10.0. The topological polar surface area (TPSA) is 67.8 Å². The maximum absolute atomic E-state index is 13.7. The van der Waals surface area contributed by atoms with Crippen molar-refractivity contribution in [2.24, 2.45) is 0 Å². The minimum Gasteiger partial charge on any atom is -0.270 e. The van der Waals surface area contributed by atoms with Crippen LogP contribution in [0.1, 0.15) is 11.1 Å². The quantitative estimate of drug-likeness (QED) is 0.824. The molecule has 0 saturated heterocycles. The maximum Gasteiger partial charge on any atom is 0.416 e. The Hall–Kier alpha value is -1.97. The van der Waals surface area contributed by atoms with E-state index in [4.69, 9.17) is 0 Å². The molecule has 0 atom stereocenters. The molecule has 21 heavy (non-hydrogen) atoms. The molecule has 5 nitrogen and oxygen atoms in total. The average molecular weight is 368 g/mol. The Morgan fingerprint density at radius 1 is 1.29 bits per heavy atom. The van der Waals surface area contributed by atoms with Crippen LogP contribution in [0, 0.1) is 5.82 Å². The molecule has 0 radical (unpaired) electrons. The van der Waals surface area contributed by atoms with Gasteiger partial charge in [-0.1, -0.05) is 6.07 Å². The smallest absolute Gasteiger partial charge is 0.270 e. The van der Waals surface area contributed by atoms with Gasteiger partial charge < -0.3 is 0 Å². The Kier molecular flexibility index (Phi) is 3.99. The molecular formula is C11H6BrF4N3O2. The second-order valence-corrected chi connectivity index (χ2v) is 4.72. The van der Waals surface area contributed by atoms with Crippen molar-refractivity contribution in [1.29, 1.82) is 0 Å². The van der Waals surface area contributed by atoms with Gasteiger partial charge in [-0.2, -0.15) is 18.3 Å². The monoisotopic (exact) mass is 367 g/mol. The molecule has 0 fully saturated rings. The van der Waals surface area contributed by atoms with E-state index < -0.39 is 40.9 Å². The second kappa shape index (κ2) is 5.43. The van der Waals surface area contributed by atoms with Crippen molar-refractivity contribution >= 4 is 15.9 Å². The van der Waals surface area contributed by atoms with Crippen molar-refractivity contribution in [3.05, 3.63) is 60.6 Å². The van der Waals surface area contributed by atoms with E-state index in [1.165, 1.54) is 0 Å². The third kappa shape index (κ3) is 3.20. The Morgan fingerprint density at radius 2 is 1.95 bits per heavy atom. The van der Waals surface area contributed by atoms with Crippen molar-refractivity contribution < 1.29 is 17.6 Å². The molecule has 0 aliphatic rings. The summed E-state index contributed by atoms with van der Waals surface area (Å²) in [4.78, 5) is 24.4. The number of benzene rings is 1. The fourth-order valence-electron chi connectivity index (χ4n) is 1.65. The highest BCUT2D eigenvalue weighted by Gasteiger charge is 2.34. The largest absolute Gasteiger partial charge is 0.416 e. The van der Waals surface area contributed by atoms with Gasteiger partial charge >= 0.3 is 11.9 Å². The molecular weight excluding hydrogens is 362 g/mol. The van der Waals surface area contributed by atoms with Gasteiger partial charge in [0, 0.05) is 5.56 Å². The fraction of sp³-hybridized carbons (Fsp3) is 0.182. The lowest BCUT2D eigenvalue weighted by Crippen LogP contribution is -2.33. The summed E-state index contributed by atoms with van der Waals surface area (Å²) in [5.74, 6) is -1.12. The van der Waals surface area contributed by atoms with Crippen LogP contribution >= 0.6 is 15.9 Å². The van der Waals surface area contributed by atoms with E-state index in [1.54, 1.807) is 0 Å². The number of aromatic amines is 1. The SMILES string of the molecule is O=c1[nH]c(=O)n(Cc2c(F)cccc2C(F)(F)F)nc1Br. The molecule has 2 rings (SSSR count). The Bertz CT molecular complexity index is 797. The Morgan fingerprint density at radius 3 is 2.57 bits per heavy atom. The number of halogens is 5. The summed E-state index contributed by atoms with van der Waals surface area (Å²) in [5, 5.41) is 3.47. The zero-order valence-corrected chi connectivity index (χ0v) is 11.6. The van der Waals surface area contributed by atoms with Gasteiger partial charge in [-0.15, -0.1) is 0 Å². The number of H-pyrrole nitrogens is 1. The lowest BCUT2D eigenvalue weighted by molar-refractivity contribution is -0.138. The number of hydrogen-bond donors (Lipinski definition) is 1. The minimum atomic E-state index is -4.78. The molecule has 0 spiro atoms. The van der Waals surface area contributed by atoms with Crippen LogP contribution in [0.2, 0.25) is 0 Å². The highest BCUT2D eigenvalue weighted by Crippen LogP contribution is 2.33. The van der Waals surface area contributed by atoms with Gasteiger partial charge in [-0.05, 0) is 28.1 Å². The minimum absolute atomic E-state index is 0.299. The molecule has 2 aromatic rings. The van der Waals surface area contributed by atoms with E-state index in [-0.39, 0.29) is 4.60 Å². The first-order valence-corrected chi connectivity index (χ1v) is 6.21. The van der Waals surface area contributed by atoms with Gasteiger partial charge in [0.05, 0.1) is 12.1 Å². The first-order valence-electron chi connectivity index (χ1n) is 5.41. The summed E-state index contributed by atoms with van der Waals surface area (Å²) in [6.07, 6.45) is -4.78. The predicted molar refractivity (Wildman–Crippen MR) is 67.3 cm³/mol. The summed E-state index contributed by atoms with van der Waals surface area (Å²) in [6, 6.07) is 2.46. The van der Waals surface area contributed by atoms with Crippen LogP contribution < -0.4 is 11.2 Å². The maximum atomic E-state index is 13.7. The third-order valence-corrected chi connectivity index (χ3v) is 3.10. The molecule has 0 aliphatic heterocycles. The molecule has 0 bridgehead atoms. The van der Waals surface area contributed by atoms with Gasteiger partial charge in [0.25, 0.3) is 5.56 Å². The number of alkyl halides is 3. The molecule has 1 aromatic carbocycles. The number of rotatable bonds is 2. The molecule has 0 unspecified atom stereocenters. The van der Waals surface area contributed by atoms with Crippen LogP contribution in [-0.4, -0.2) is 14.8 Å². The van der Waals surface area contributed by atoms with Crippen molar-refractivity contribution in [2.45, 2.75) is 12.7 Å². The highest BCUT2D eigenvalue weighted by atomic mass is 79.9. The summed E-state index contributed by atoms with van der Waals surface area (Å²) in [7, 11) is 0. The second-order valence-electron chi connectivity index (χ2n) is 3.97. The summed E-state index contributed by atoms with van der Waals surface area (Å²) in [5.41, 5.74) is -3.82. The van der Waals surface area contributed by atoms with Crippen LogP contribution in [0.15, 0.2) is 32.4 Å². The van der Waals surface area contributed by atoms with Crippen molar-refractivity contribution in [1.82, 2.24) is 14.8 Å². The zero-order chi connectivity index (χ0) is 15.8. The number of hydrogen-bond acceptors (Lipinski definition) is 3. The number of nitrogens with zero attached hydrogens (tertiary/aromatic N) is 2. The average Bonchev–Trinajstić information content (AvgIpc) is 2.36. The van der Waals surface area contributed by atoms with Crippen molar-refractivity contribution in [3.63, 3.8) is 0 Å².